The first-order chi connectivity index (χ1) is 18.1. The van der Waals surface area contributed by atoms with Crippen LogP contribution in [-0.2, 0) is 16.4 Å². The van der Waals surface area contributed by atoms with Crippen molar-refractivity contribution in [2.75, 3.05) is 39.8 Å². The van der Waals surface area contributed by atoms with E-state index in [4.69, 9.17) is 16.3 Å². The van der Waals surface area contributed by atoms with E-state index in [0.29, 0.717) is 72.9 Å². The van der Waals surface area contributed by atoms with E-state index in [0.717, 1.165) is 6.42 Å². The molecule has 1 unspecified atom stereocenters. The standard InChI is InChI=1S/C27H35N5O5S/c1-6-9-21-24(22(33)10-7-2)18(4)25-27(34)28-26(29-32(21)25)20-17-19(11-12-23(20)37-8-3)38(35,36)31-15-13-30(5)14-16-31/h2,11-12,17,22,33H,6,8-10,13-16H2,1,3-5H3,(H,28,29,34). The lowest BCUT2D eigenvalue weighted by Crippen LogP contribution is -2.47. The molecule has 1 fully saturated rings. The Kier molecular flexibility index (Phi) is 8.28. The number of nitrogens with zero attached hydrogens (tertiary/aromatic N) is 4. The van der Waals surface area contributed by atoms with E-state index in [1.807, 2.05) is 20.9 Å². The summed E-state index contributed by atoms with van der Waals surface area (Å²) in [4.78, 5) is 18.4. The number of aromatic nitrogens is 3. The van der Waals surface area contributed by atoms with Crippen LogP contribution in [0.4, 0.5) is 0 Å². The molecule has 1 aliphatic heterocycles. The highest BCUT2D eigenvalue weighted by Crippen LogP contribution is 2.33. The number of aryl methyl sites for hydroxylation is 2. The molecular formula is C27H35N5O5S. The zero-order valence-corrected chi connectivity index (χ0v) is 23.1. The van der Waals surface area contributed by atoms with Gasteiger partial charge in [0.25, 0.3) is 5.56 Å². The molecule has 0 bridgehead atoms. The van der Waals surface area contributed by atoms with Crippen molar-refractivity contribution >= 4 is 15.5 Å². The summed E-state index contributed by atoms with van der Waals surface area (Å²) in [6.45, 7) is 8.03. The van der Waals surface area contributed by atoms with Gasteiger partial charge in [0.1, 0.15) is 11.3 Å². The topological polar surface area (TPSA) is 120 Å². The van der Waals surface area contributed by atoms with E-state index < -0.39 is 21.7 Å². The highest BCUT2D eigenvalue weighted by molar-refractivity contribution is 7.89. The van der Waals surface area contributed by atoms with Crippen LogP contribution in [-0.4, -0.2) is 77.2 Å². The van der Waals surface area contributed by atoms with Crippen molar-refractivity contribution in [3.8, 4) is 29.5 Å². The van der Waals surface area contributed by atoms with Gasteiger partial charge < -0.3 is 19.7 Å². The number of rotatable bonds is 9. The second-order valence-electron chi connectivity index (χ2n) is 9.52. The fraction of sp³-hybridized carbons (Fsp3) is 0.481. The minimum absolute atomic E-state index is 0.103. The van der Waals surface area contributed by atoms with Crippen LogP contribution >= 0.6 is 0 Å². The third-order valence-electron chi connectivity index (χ3n) is 6.92. The number of fused-ring (bicyclic) bond motifs is 1. The molecule has 1 saturated heterocycles. The maximum Gasteiger partial charge on any atom is 0.275 e. The number of hydrogen-bond acceptors (Lipinski definition) is 7. The maximum absolute atomic E-state index is 13.5. The van der Waals surface area contributed by atoms with Gasteiger partial charge in [0.2, 0.25) is 10.0 Å². The molecule has 3 aromatic rings. The van der Waals surface area contributed by atoms with Crippen LogP contribution in [0.15, 0.2) is 27.9 Å². The maximum atomic E-state index is 13.5. The average Bonchev–Trinajstić information content (AvgIpc) is 3.16. The zero-order valence-electron chi connectivity index (χ0n) is 22.3. The Morgan fingerprint density at radius 2 is 1.95 bits per heavy atom. The molecule has 1 aliphatic rings. The molecule has 1 atom stereocenters. The summed E-state index contributed by atoms with van der Waals surface area (Å²) in [6, 6.07) is 4.63. The number of nitrogens with one attached hydrogen (secondary N) is 1. The van der Waals surface area contributed by atoms with E-state index in [-0.39, 0.29) is 17.1 Å². The van der Waals surface area contributed by atoms with Gasteiger partial charge in [0.15, 0.2) is 5.82 Å². The van der Waals surface area contributed by atoms with Gasteiger partial charge in [-0.2, -0.15) is 4.31 Å². The number of aliphatic hydroxyl groups is 1. The number of piperazine rings is 1. The third-order valence-corrected chi connectivity index (χ3v) is 8.82. The average molecular weight is 542 g/mol. The van der Waals surface area contributed by atoms with Crippen LogP contribution in [0.1, 0.15) is 49.6 Å². The summed E-state index contributed by atoms with van der Waals surface area (Å²) in [5.74, 6) is 3.06. The molecule has 0 amide bonds. The molecule has 11 heteroatoms. The molecular weight excluding hydrogens is 506 g/mol. The first-order valence-electron chi connectivity index (χ1n) is 12.9. The van der Waals surface area contributed by atoms with Crippen molar-refractivity contribution in [1.29, 1.82) is 0 Å². The number of aromatic amines is 1. The van der Waals surface area contributed by atoms with Crippen molar-refractivity contribution < 1.29 is 18.3 Å². The first-order valence-corrected chi connectivity index (χ1v) is 14.3. The summed E-state index contributed by atoms with van der Waals surface area (Å²) in [7, 11) is -1.80. The summed E-state index contributed by atoms with van der Waals surface area (Å²) in [5, 5.41) is 15.5. The molecule has 2 N–H and O–H groups in total. The van der Waals surface area contributed by atoms with Crippen LogP contribution in [0.2, 0.25) is 0 Å². The molecule has 1 aromatic carbocycles. The van der Waals surface area contributed by atoms with E-state index >= 15 is 0 Å². The molecule has 204 valence electrons. The minimum Gasteiger partial charge on any atom is -0.493 e. The fourth-order valence-electron chi connectivity index (χ4n) is 4.99. The second kappa shape index (κ2) is 11.3. The lowest BCUT2D eigenvalue weighted by Gasteiger charge is -2.31. The number of benzene rings is 1. The normalized spacial score (nSPS) is 16.0. The van der Waals surface area contributed by atoms with Gasteiger partial charge in [-0.1, -0.05) is 13.3 Å². The molecule has 10 nitrogen and oxygen atoms in total. The Balaban J connectivity index is 1.91. The van der Waals surface area contributed by atoms with Crippen LogP contribution in [0.5, 0.6) is 5.75 Å². The highest BCUT2D eigenvalue weighted by atomic mass is 32.2. The van der Waals surface area contributed by atoms with Gasteiger partial charge in [-0.3, -0.25) is 4.79 Å². The molecule has 0 spiro atoms. The molecule has 0 radical (unpaired) electrons. The number of hydrogen-bond donors (Lipinski definition) is 2. The Labute approximate surface area is 223 Å². The zero-order chi connectivity index (χ0) is 27.6. The summed E-state index contributed by atoms with van der Waals surface area (Å²) in [6.07, 6.45) is 5.96. The van der Waals surface area contributed by atoms with Gasteiger partial charge >= 0.3 is 0 Å². The van der Waals surface area contributed by atoms with Crippen LogP contribution in [0, 0.1) is 19.3 Å². The lowest BCUT2D eigenvalue weighted by atomic mass is 10.0. The van der Waals surface area contributed by atoms with E-state index in [1.54, 1.807) is 17.5 Å². The van der Waals surface area contributed by atoms with Gasteiger partial charge in [-0.15, -0.1) is 17.4 Å². The monoisotopic (exact) mass is 541 g/mol. The van der Waals surface area contributed by atoms with Gasteiger partial charge in [-0.05, 0) is 51.1 Å². The van der Waals surface area contributed by atoms with Crippen molar-refractivity contribution in [1.82, 2.24) is 23.8 Å². The Morgan fingerprint density at radius 3 is 2.58 bits per heavy atom. The Morgan fingerprint density at radius 1 is 1.24 bits per heavy atom. The molecule has 4 rings (SSSR count). The SMILES string of the molecule is C#CCC(O)c1c(C)c2c(=O)[nH]c(-c3cc(S(=O)(=O)N4CCN(C)CC4)ccc3OCC)nn2c1CCC. The van der Waals surface area contributed by atoms with Crippen LogP contribution < -0.4 is 10.3 Å². The minimum atomic E-state index is -3.76. The molecule has 38 heavy (non-hydrogen) atoms. The quantitative estimate of drug-likeness (QED) is 0.399. The fourth-order valence-corrected chi connectivity index (χ4v) is 6.44. The Bertz CT molecular complexity index is 1530. The predicted octanol–water partition coefficient (Wildman–Crippen LogP) is 2.34. The molecule has 0 saturated carbocycles. The molecule has 2 aromatic heterocycles. The number of H-pyrrole nitrogens is 1. The van der Waals surface area contributed by atoms with Gasteiger partial charge in [0.05, 0.1) is 23.2 Å². The molecule has 0 aliphatic carbocycles. The van der Waals surface area contributed by atoms with Gasteiger partial charge in [0, 0.05) is 43.9 Å². The molecule has 3 heterocycles. The second-order valence-corrected chi connectivity index (χ2v) is 11.5. The van der Waals surface area contributed by atoms with Crippen molar-refractivity contribution in [2.45, 2.75) is 51.0 Å². The van der Waals surface area contributed by atoms with E-state index in [1.165, 1.54) is 16.4 Å². The summed E-state index contributed by atoms with van der Waals surface area (Å²) in [5.41, 5.74) is 2.21. The largest absolute Gasteiger partial charge is 0.493 e. The van der Waals surface area contributed by atoms with E-state index in [9.17, 15) is 18.3 Å². The Hall–Kier alpha value is -3.17. The first kappa shape index (κ1) is 27.9. The lowest BCUT2D eigenvalue weighted by molar-refractivity contribution is 0.182. The predicted molar refractivity (Wildman–Crippen MR) is 146 cm³/mol. The van der Waals surface area contributed by atoms with Crippen LogP contribution in [0.25, 0.3) is 16.9 Å². The third kappa shape index (κ3) is 5.09. The van der Waals surface area contributed by atoms with Crippen molar-refractivity contribution in [3.05, 3.63) is 45.4 Å². The smallest absolute Gasteiger partial charge is 0.275 e. The van der Waals surface area contributed by atoms with Gasteiger partial charge in [-0.25, -0.2) is 12.9 Å². The summed E-state index contributed by atoms with van der Waals surface area (Å²) < 4.78 is 35.8. The summed E-state index contributed by atoms with van der Waals surface area (Å²) >= 11 is 0. The van der Waals surface area contributed by atoms with Crippen LogP contribution in [0.3, 0.4) is 0 Å². The van der Waals surface area contributed by atoms with Crippen molar-refractivity contribution in [2.24, 2.45) is 0 Å². The van der Waals surface area contributed by atoms with E-state index in [2.05, 4.69) is 15.8 Å². The highest BCUT2D eigenvalue weighted by Gasteiger charge is 2.29. The van der Waals surface area contributed by atoms with Crippen molar-refractivity contribution in [3.63, 3.8) is 0 Å². The number of terminal acetylenes is 1. The number of ether oxygens (including phenoxy) is 1. The number of aliphatic hydroxyl groups excluding tert-OH is 1. The number of likely N-dealkylation sites (N-methyl/N-ethyl adjacent to an activating group) is 1. The number of sulfonamides is 1.